The van der Waals surface area contributed by atoms with E-state index in [-0.39, 0.29) is 11.3 Å². The fourth-order valence-corrected chi connectivity index (χ4v) is 4.06. The molecule has 30 heavy (non-hydrogen) atoms. The number of amides is 1. The highest BCUT2D eigenvalue weighted by molar-refractivity contribution is 6.35. The number of aromatic nitrogens is 2. The lowest BCUT2D eigenvalue weighted by Gasteiger charge is -2.27. The maximum absolute atomic E-state index is 13.1. The van der Waals surface area contributed by atoms with Crippen LogP contribution in [0, 0.1) is 0 Å². The van der Waals surface area contributed by atoms with E-state index in [1.807, 2.05) is 10.8 Å². The number of rotatable bonds is 7. The second-order valence-electron chi connectivity index (χ2n) is 6.79. The van der Waals surface area contributed by atoms with Gasteiger partial charge in [0, 0.05) is 35.5 Å². The van der Waals surface area contributed by atoms with Gasteiger partial charge in [0.25, 0.3) is 5.91 Å². The molecule has 2 aromatic heterocycles. The van der Waals surface area contributed by atoms with Gasteiger partial charge in [0.05, 0.1) is 24.2 Å². The number of aliphatic hydroxyl groups excluding tert-OH is 1. The summed E-state index contributed by atoms with van der Waals surface area (Å²) in [7, 11) is 0. The van der Waals surface area contributed by atoms with E-state index in [1.54, 1.807) is 30.7 Å². The number of furan rings is 1. The molecular weight excluding hydrogens is 429 g/mol. The smallest absolute Gasteiger partial charge is 0.290 e. The normalized spacial score (nSPS) is 16.5. The summed E-state index contributed by atoms with van der Waals surface area (Å²) in [6.45, 7) is 0.909. The molecule has 1 aromatic carbocycles. The molecule has 0 fully saturated rings. The van der Waals surface area contributed by atoms with Crippen LogP contribution in [-0.2, 0) is 11.3 Å². The van der Waals surface area contributed by atoms with Gasteiger partial charge >= 0.3 is 0 Å². The minimum atomic E-state index is -0.859. The largest absolute Gasteiger partial charge is 0.503 e. The van der Waals surface area contributed by atoms with Gasteiger partial charge in [-0.1, -0.05) is 29.3 Å². The standard InChI is InChI=1S/C21H17Cl2N3O4/c22-13-4-5-14(15(23)11-13)18-17(19(27)16-3-1-10-30-16)20(28)21(29)26(18)8-2-7-25-9-6-24-12-25/h1,3-6,9-12,18,28H,2,7-8H2/t18-/m1/s1. The number of ketones is 1. The first-order valence-electron chi connectivity index (χ1n) is 9.20. The van der Waals surface area contributed by atoms with Gasteiger partial charge in [-0.05, 0) is 36.2 Å². The molecule has 1 atom stereocenters. The lowest BCUT2D eigenvalue weighted by Crippen LogP contribution is -2.32. The Morgan fingerprint density at radius 1 is 1.23 bits per heavy atom. The summed E-state index contributed by atoms with van der Waals surface area (Å²) in [6, 6.07) is 7.00. The number of hydrogen-bond donors (Lipinski definition) is 1. The van der Waals surface area contributed by atoms with Crippen LogP contribution in [-0.4, -0.2) is 37.8 Å². The number of nitrogens with zero attached hydrogens (tertiary/aromatic N) is 3. The van der Waals surface area contributed by atoms with E-state index in [4.69, 9.17) is 27.6 Å². The molecule has 0 saturated heterocycles. The molecule has 1 aliphatic rings. The lowest BCUT2D eigenvalue weighted by molar-refractivity contribution is -0.129. The Balaban J connectivity index is 1.70. The lowest BCUT2D eigenvalue weighted by atomic mass is 9.95. The number of Topliss-reactive ketones (excluding diaryl/α,β-unsaturated/α-hetero) is 1. The molecule has 3 heterocycles. The summed E-state index contributed by atoms with van der Waals surface area (Å²) < 4.78 is 7.08. The third-order valence-corrected chi connectivity index (χ3v) is 5.49. The molecule has 154 valence electrons. The zero-order valence-electron chi connectivity index (χ0n) is 15.7. The van der Waals surface area contributed by atoms with Crippen molar-refractivity contribution in [3.63, 3.8) is 0 Å². The highest BCUT2D eigenvalue weighted by Gasteiger charge is 2.44. The Morgan fingerprint density at radius 2 is 2.07 bits per heavy atom. The van der Waals surface area contributed by atoms with Gasteiger partial charge in [0.2, 0.25) is 5.78 Å². The van der Waals surface area contributed by atoms with Crippen LogP contribution in [0.4, 0.5) is 0 Å². The second-order valence-corrected chi connectivity index (χ2v) is 7.63. The van der Waals surface area contributed by atoms with Crippen LogP contribution in [0.15, 0.2) is 71.1 Å². The number of hydrogen-bond acceptors (Lipinski definition) is 5. The number of halogens is 2. The van der Waals surface area contributed by atoms with Crippen molar-refractivity contribution < 1.29 is 19.1 Å². The van der Waals surface area contributed by atoms with E-state index in [1.165, 1.54) is 23.3 Å². The molecule has 1 aliphatic heterocycles. The number of aliphatic hydroxyl groups is 1. The molecule has 7 nitrogen and oxygen atoms in total. The summed E-state index contributed by atoms with van der Waals surface area (Å²) >= 11 is 12.4. The van der Waals surface area contributed by atoms with Crippen LogP contribution in [0.25, 0.3) is 0 Å². The maximum Gasteiger partial charge on any atom is 0.290 e. The van der Waals surface area contributed by atoms with Gasteiger partial charge in [0.1, 0.15) is 0 Å². The van der Waals surface area contributed by atoms with Crippen LogP contribution in [0.2, 0.25) is 10.0 Å². The number of carbonyl (C=O) groups excluding carboxylic acids is 2. The van der Waals surface area contributed by atoms with Gasteiger partial charge in [-0.15, -0.1) is 0 Å². The van der Waals surface area contributed by atoms with E-state index in [0.29, 0.717) is 35.1 Å². The molecule has 1 N–H and O–H groups in total. The average molecular weight is 446 g/mol. The van der Waals surface area contributed by atoms with E-state index in [9.17, 15) is 14.7 Å². The monoisotopic (exact) mass is 445 g/mol. The van der Waals surface area contributed by atoms with Crippen molar-refractivity contribution in [3.8, 4) is 0 Å². The summed E-state index contributed by atoms with van der Waals surface area (Å²) in [5, 5.41) is 11.3. The SMILES string of the molecule is O=C(C1=C(O)C(=O)N(CCCn2ccnc2)[C@@H]1c1ccc(Cl)cc1Cl)c1ccco1. The zero-order chi connectivity index (χ0) is 21.3. The summed E-state index contributed by atoms with van der Waals surface area (Å²) in [6.07, 6.45) is 7.11. The minimum absolute atomic E-state index is 0.0275. The Kier molecular flexibility index (Phi) is 5.65. The number of imidazole rings is 1. The van der Waals surface area contributed by atoms with Gasteiger partial charge in [-0.25, -0.2) is 4.98 Å². The van der Waals surface area contributed by atoms with Crippen LogP contribution in [0.5, 0.6) is 0 Å². The number of benzene rings is 1. The Hall–Kier alpha value is -3.03. The van der Waals surface area contributed by atoms with Crippen LogP contribution in [0.3, 0.4) is 0 Å². The molecule has 1 amide bonds. The highest BCUT2D eigenvalue weighted by Crippen LogP contribution is 2.42. The average Bonchev–Trinajstić information content (AvgIpc) is 3.46. The summed E-state index contributed by atoms with van der Waals surface area (Å²) in [5.74, 6) is -1.78. The van der Waals surface area contributed by atoms with Crippen molar-refractivity contribution in [2.24, 2.45) is 0 Å². The fraction of sp³-hybridized carbons (Fsp3) is 0.190. The quantitative estimate of drug-likeness (QED) is 0.542. The first-order chi connectivity index (χ1) is 14.5. The van der Waals surface area contributed by atoms with E-state index in [0.717, 1.165) is 0 Å². The predicted molar refractivity (Wildman–Crippen MR) is 110 cm³/mol. The van der Waals surface area contributed by atoms with Crippen molar-refractivity contribution in [1.82, 2.24) is 14.5 Å². The molecule has 9 heteroatoms. The van der Waals surface area contributed by atoms with Crippen LogP contribution in [0.1, 0.15) is 28.6 Å². The fourth-order valence-electron chi connectivity index (χ4n) is 3.55. The molecule has 0 spiro atoms. The number of carbonyl (C=O) groups is 2. The van der Waals surface area contributed by atoms with Crippen molar-refractivity contribution in [2.45, 2.75) is 19.0 Å². The van der Waals surface area contributed by atoms with Crippen LogP contribution >= 0.6 is 23.2 Å². The molecule has 3 aromatic rings. The molecular formula is C21H17Cl2N3O4. The highest BCUT2D eigenvalue weighted by atomic mass is 35.5. The minimum Gasteiger partial charge on any atom is -0.503 e. The second kappa shape index (κ2) is 8.38. The molecule has 4 rings (SSSR count). The molecule has 0 radical (unpaired) electrons. The maximum atomic E-state index is 13.1. The summed E-state index contributed by atoms with van der Waals surface area (Å²) in [5.41, 5.74) is 0.429. The first-order valence-corrected chi connectivity index (χ1v) is 9.96. The first kappa shape index (κ1) is 20.3. The molecule has 0 aliphatic carbocycles. The Bertz CT molecular complexity index is 1110. The molecule has 0 saturated carbocycles. The summed E-state index contributed by atoms with van der Waals surface area (Å²) in [4.78, 5) is 31.4. The third kappa shape index (κ3) is 3.74. The van der Waals surface area contributed by atoms with E-state index < -0.39 is 23.5 Å². The van der Waals surface area contributed by atoms with Gasteiger partial charge < -0.3 is 19.0 Å². The van der Waals surface area contributed by atoms with Crippen molar-refractivity contribution in [3.05, 3.63) is 88.0 Å². The topological polar surface area (TPSA) is 88.6 Å². The Labute approximate surface area is 182 Å². The predicted octanol–water partition coefficient (Wildman–Crippen LogP) is 4.45. The van der Waals surface area contributed by atoms with Gasteiger partial charge in [-0.3, -0.25) is 9.59 Å². The van der Waals surface area contributed by atoms with Crippen molar-refractivity contribution in [2.75, 3.05) is 6.54 Å². The van der Waals surface area contributed by atoms with Gasteiger partial charge in [-0.2, -0.15) is 0 Å². The zero-order valence-corrected chi connectivity index (χ0v) is 17.2. The van der Waals surface area contributed by atoms with Crippen molar-refractivity contribution >= 4 is 34.9 Å². The Morgan fingerprint density at radius 3 is 2.73 bits per heavy atom. The number of aryl methyl sites for hydroxylation is 1. The van der Waals surface area contributed by atoms with Gasteiger partial charge in [0.15, 0.2) is 11.5 Å². The molecule has 0 bridgehead atoms. The van der Waals surface area contributed by atoms with E-state index >= 15 is 0 Å². The molecule has 0 unspecified atom stereocenters. The van der Waals surface area contributed by atoms with Crippen LogP contribution < -0.4 is 0 Å². The third-order valence-electron chi connectivity index (χ3n) is 4.92. The van der Waals surface area contributed by atoms with Crippen molar-refractivity contribution in [1.29, 1.82) is 0 Å². The van der Waals surface area contributed by atoms with E-state index in [2.05, 4.69) is 4.98 Å².